The van der Waals surface area contributed by atoms with E-state index < -0.39 is 17.9 Å². The molecule has 112 valence electrons. The Bertz CT molecular complexity index is 599. The summed E-state index contributed by atoms with van der Waals surface area (Å²) in [5, 5.41) is 11.6. The Kier molecular flexibility index (Phi) is 4.11. The molecule has 1 unspecified atom stereocenters. The van der Waals surface area contributed by atoms with Crippen molar-refractivity contribution in [1.82, 2.24) is 10.2 Å². The molecule has 1 aromatic rings. The Labute approximate surface area is 121 Å². The summed E-state index contributed by atoms with van der Waals surface area (Å²) in [6, 6.07) is 3.96. The molecule has 0 radical (unpaired) electrons. The number of hydrogen-bond donors (Lipinski definition) is 2. The third-order valence-electron chi connectivity index (χ3n) is 3.31. The number of methoxy groups -OCH3 is 1. The van der Waals surface area contributed by atoms with E-state index in [0.29, 0.717) is 5.75 Å². The van der Waals surface area contributed by atoms with Gasteiger partial charge in [-0.15, -0.1) is 0 Å². The number of ether oxygens (including phenoxy) is 1. The van der Waals surface area contributed by atoms with Crippen molar-refractivity contribution in [3.8, 4) is 5.75 Å². The van der Waals surface area contributed by atoms with Crippen molar-refractivity contribution in [2.75, 3.05) is 20.2 Å². The van der Waals surface area contributed by atoms with Crippen LogP contribution in [-0.4, -0.2) is 54.0 Å². The lowest BCUT2D eigenvalue weighted by molar-refractivity contribution is -0.144. The fourth-order valence-electron chi connectivity index (χ4n) is 2.22. The van der Waals surface area contributed by atoms with Crippen LogP contribution in [0.3, 0.4) is 0 Å². The van der Waals surface area contributed by atoms with Crippen molar-refractivity contribution >= 4 is 17.8 Å². The zero-order chi connectivity index (χ0) is 15.6. The summed E-state index contributed by atoms with van der Waals surface area (Å²) in [5.74, 6) is -1.72. The van der Waals surface area contributed by atoms with Crippen LogP contribution in [0.4, 0.5) is 0 Å². The van der Waals surface area contributed by atoms with Crippen molar-refractivity contribution in [3.63, 3.8) is 0 Å². The fraction of sp³-hybridized carbons (Fsp3) is 0.357. The number of piperazine rings is 1. The summed E-state index contributed by atoms with van der Waals surface area (Å²) in [4.78, 5) is 36.4. The number of aryl methyl sites for hydroxylation is 1. The monoisotopic (exact) mass is 292 g/mol. The fourth-order valence-corrected chi connectivity index (χ4v) is 2.22. The first-order valence-corrected chi connectivity index (χ1v) is 6.39. The molecule has 0 aliphatic carbocycles. The predicted octanol–water partition coefficient (Wildman–Crippen LogP) is 0.0288. The Morgan fingerprint density at radius 2 is 2.14 bits per heavy atom. The molecule has 1 heterocycles. The SMILES string of the molecule is COc1ccc(C)cc1C(=O)N1CC(=O)NCC1C(=O)O. The molecule has 0 aromatic heterocycles. The smallest absolute Gasteiger partial charge is 0.328 e. The lowest BCUT2D eigenvalue weighted by Gasteiger charge is -2.33. The molecule has 1 aromatic carbocycles. The van der Waals surface area contributed by atoms with Crippen LogP contribution in [0.15, 0.2) is 18.2 Å². The first-order valence-electron chi connectivity index (χ1n) is 6.39. The molecular formula is C14H16N2O5. The molecule has 0 spiro atoms. The van der Waals surface area contributed by atoms with Crippen LogP contribution in [0.5, 0.6) is 5.75 Å². The molecule has 7 nitrogen and oxygen atoms in total. The van der Waals surface area contributed by atoms with Gasteiger partial charge in [-0.3, -0.25) is 9.59 Å². The molecule has 2 rings (SSSR count). The van der Waals surface area contributed by atoms with Crippen LogP contribution in [0.1, 0.15) is 15.9 Å². The average Bonchev–Trinajstić information content (AvgIpc) is 2.46. The van der Waals surface area contributed by atoms with Gasteiger partial charge >= 0.3 is 5.97 Å². The maximum atomic E-state index is 12.6. The topological polar surface area (TPSA) is 95.9 Å². The number of carboxylic acids is 1. The third-order valence-corrected chi connectivity index (χ3v) is 3.31. The van der Waals surface area contributed by atoms with Gasteiger partial charge in [-0.1, -0.05) is 11.6 Å². The van der Waals surface area contributed by atoms with Gasteiger partial charge in [0.1, 0.15) is 18.3 Å². The normalized spacial score (nSPS) is 18.1. The van der Waals surface area contributed by atoms with Gasteiger partial charge in [0.05, 0.1) is 12.7 Å². The van der Waals surface area contributed by atoms with Crippen LogP contribution in [0.2, 0.25) is 0 Å². The van der Waals surface area contributed by atoms with E-state index in [0.717, 1.165) is 10.5 Å². The van der Waals surface area contributed by atoms with Crippen molar-refractivity contribution in [1.29, 1.82) is 0 Å². The zero-order valence-electron chi connectivity index (χ0n) is 11.8. The average molecular weight is 292 g/mol. The van der Waals surface area contributed by atoms with Gasteiger partial charge in [-0.25, -0.2) is 4.79 Å². The highest BCUT2D eigenvalue weighted by molar-refractivity contribution is 6.01. The number of nitrogens with one attached hydrogen (secondary N) is 1. The highest BCUT2D eigenvalue weighted by Gasteiger charge is 2.36. The molecule has 1 saturated heterocycles. The number of aliphatic carboxylic acids is 1. The maximum absolute atomic E-state index is 12.6. The number of carbonyl (C=O) groups excluding carboxylic acids is 2. The van der Waals surface area contributed by atoms with E-state index in [1.807, 2.05) is 6.92 Å². The van der Waals surface area contributed by atoms with E-state index in [4.69, 9.17) is 4.74 Å². The van der Waals surface area contributed by atoms with Gasteiger partial charge in [0.25, 0.3) is 5.91 Å². The second kappa shape index (κ2) is 5.82. The minimum atomic E-state index is -1.16. The summed E-state index contributed by atoms with van der Waals surface area (Å²) in [5.41, 5.74) is 1.09. The van der Waals surface area contributed by atoms with E-state index in [9.17, 15) is 19.5 Å². The molecule has 7 heteroatoms. The minimum absolute atomic E-state index is 0.103. The van der Waals surface area contributed by atoms with Crippen LogP contribution in [-0.2, 0) is 9.59 Å². The largest absolute Gasteiger partial charge is 0.496 e. The standard InChI is InChI=1S/C14H16N2O5/c1-8-3-4-11(21-2)9(5-8)13(18)16-7-12(17)15-6-10(16)14(19)20/h3-5,10H,6-7H2,1-2H3,(H,15,17)(H,19,20). The summed E-state index contributed by atoms with van der Waals surface area (Å²) < 4.78 is 5.14. The van der Waals surface area contributed by atoms with Crippen molar-refractivity contribution in [3.05, 3.63) is 29.3 Å². The maximum Gasteiger partial charge on any atom is 0.328 e. The van der Waals surface area contributed by atoms with E-state index in [1.165, 1.54) is 7.11 Å². The van der Waals surface area contributed by atoms with Crippen molar-refractivity contribution in [2.24, 2.45) is 0 Å². The number of rotatable bonds is 3. The molecule has 21 heavy (non-hydrogen) atoms. The Balaban J connectivity index is 2.38. The lowest BCUT2D eigenvalue weighted by Crippen LogP contribution is -2.59. The highest BCUT2D eigenvalue weighted by Crippen LogP contribution is 2.23. The minimum Gasteiger partial charge on any atom is -0.496 e. The molecule has 2 N–H and O–H groups in total. The third kappa shape index (κ3) is 2.96. The van der Waals surface area contributed by atoms with Crippen molar-refractivity contribution < 1.29 is 24.2 Å². The van der Waals surface area contributed by atoms with E-state index in [2.05, 4.69) is 5.32 Å². The van der Waals surface area contributed by atoms with Gasteiger partial charge < -0.3 is 20.1 Å². The summed E-state index contributed by atoms with van der Waals surface area (Å²) >= 11 is 0. The summed E-state index contributed by atoms with van der Waals surface area (Å²) in [7, 11) is 1.43. The van der Waals surface area contributed by atoms with E-state index in [-0.39, 0.29) is 24.6 Å². The lowest BCUT2D eigenvalue weighted by atomic mass is 10.1. The second-order valence-corrected chi connectivity index (χ2v) is 4.79. The predicted molar refractivity (Wildman–Crippen MR) is 73.2 cm³/mol. The van der Waals surface area contributed by atoms with Gasteiger partial charge in [-0.05, 0) is 19.1 Å². The van der Waals surface area contributed by atoms with E-state index >= 15 is 0 Å². The second-order valence-electron chi connectivity index (χ2n) is 4.79. The van der Waals surface area contributed by atoms with Crippen LogP contribution in [0, 0.1) is 6.92 Å². The number of carboxylic acid groups (broad SMARTS) is 1. The molecule has 1 fully saturated rings. The number of amides is 2. The molecule has 2 amide bonds. The number of nitrogens with zero attached hydrogens (tertiary/aromatic N) is 1. The van der Waals surface area contributed by atoms with Crippen LogP contribution >= 0.6 is 0 Å². The van der Waals surface area contributed by atoms with E-state index in [1.54, 1.807) is 18.2 Å². The number of hydrogen-bond acceptors (Lipinski definition) is 4. The molecular weight excluding hydrogens is 276 g/mol. The van der Waals surface area contributed by atoms with Gasteiger partial charge in [0, 0.05) is 6.54 Å². The van der Waals surface area contributed by atoms with Crippen LogP contribution in [0.25, 0.3) is 0 Å². The first-order chi connectivity index (χ1) is 9.93. The Hall–Kier alpha value is -2.57. The quantitative estimate of drug-likeness (QED) is 0.819. The Morgan fingerprint density at radius 3 is 2.76 bits per heavy atom. The van der Waals surface area contributed by atoms with Crippen LogP contribution < -0.4 is 10.1 Å². The van der Waals surface area contributed by atoms with Gasteiger partial charge in [-0.2, -0.15) is 0 Å². The molecule has 1 aliphatic heterocycles. The molecule has 1 aliphatic rings. The number of carbonyl (C=O) groups is 3. The van der Waals surface area contributed by atoms with Crippen molar-refractivity contribution in [2.45, 2.75) is 13.0 Å². The number of benzene rings is 1. The highest BCUT2D eigenvalue weighted by atomic mass is 16.5. The van der Waals surface area contributed by atoms with Gasteiger partial charge in [0.15, 0.2) is 0 Å². The Morgan fingerprint density at radius 1 is 1.43 bits per heavy atom. The summed E-state index contributed by atoms with van der Waals surface area (Å²) in [6.07, 6.45) is 0. The zero-order valence-corrected chi connectivity index (χ0v) is 11.8. The summed E-state index contributed by atoms with van der Waals surface area (Å²) in [6.45, 7) is 1.43. The molecule has 0 saturated carbocycles. The molecule has 1 atom stereocenters. The molecule has 0 bridgehead atoms. The van der Waals surface area contributed by atoms with Gasteiger partial charge in [0.2, 0.25) is 5.91 Å². The first kappa shape index (κ1) is 14.8.